The summed E-state index contributed by atoms with van der Waals surface area (Å²) in [7, 11) is 2.25. The van der Waals surface area contributed by atoms with Gasteiger partial charge in [-0.25, -0.2) is 0 Å². The van der Waals surface area contributed by atoms with Gasteiger partial charge in [-0.2, -0.15) is 0 Å². The molecule has 0 atom stereocenters. The van der Waals surface area contributed by atoms with Crippen LogP contribution in [0.4, 0.5) is 5.69 Å². The Morgan fingerprint density at radius 2 is 2.14 bits per heavy atom. The number of nitrogens with one attached hydrogen (secondary N) is 1. The van der Waals surface area contributed by atoms with Crippen molar-refractivity contribution in [3.63, 3.8) is 0 Å². The van der Waals surface area contributed by atoms with E-state index in [1.54, 1.807) is 0 Å². The third-order valence-electron chi connectivity index (χ3n) is 4.32. The van der Waals surface area contributed by atoms with Crippen LogP contribution in [0.25, 0.3) is 0 Å². The van der Waals surface area contributed by atoms with E-state index in [9.17, 15) is 0 Å². The van der Waals surface area contributed by atoms with Gasteiger partial charge in [0.05, 0.1) is 0 Å². The van der Waals surface area contributed by atoms with Crippen molar-refractivity contribution in [2.45, 2.75) is 38.6 Å². The van der Waals surface area contributed by atoms with E-state index in [0.29, 0.717) is 6.04 Å². The molecule has 2 rings (SSSR count). The number of unbranched alkanes of at least 4 members (excludes halogenated alkanes) is 1. The highest BCUT2D eigenvalue weighted by Crippen LogP contribution is 2.19. The van der Waals surface area contributed by atoms with Crippen molar-refractivity contribution in [1.29, 1.82) is 0 Å². The SMILES string of the molecule is CCCCN(C)C1CCN(C(=S)Nc2cccc(Cl)c2)CC1. The number of anilines is 1. The fourth-order valence-corrected chi connectivity index (χ4v) is 3.36. The molecular weight excluding hydrogens is 314 g/mol. The zero-order valence-corrected chi connectivity index (χ0v) is 15.1. The normalized spacial score (nSPS) is 16.1. The fraction of sp³-hybridized carbons (Fsp3) is 0.588. The Balaban J connectivity index is 1.80. The molecule has 0 amide bonds. The number of hydrogen-bond acceptors (Lipinski definition) is 2. The molecule has 122 valence electrons. The molecule has 22 heavy (non-hydrogen) atoms. The molecule has 0 saturated carbocycles. The second kappa shape index (κ2) is 8.70. The minimum absolute atomic E-state index is 0.691. The molecule has 3 nitrogen and oxygen atoms in total. The summed E-state index contributed by atoms with van der Waals surface area (Å²) in [4.78, 5) is 4.77. The Labute approximate surface area is 144 Å². The molecule has 1 N–H and O–H groups in total. The van der Waals surface area contributed by atoms with Crippen molar-refractivity contribution < 1.29 is 0 Å². The molecule has 0 radical (unpaired) electrons. The molecule has 1 aliphatic rings. The Morgan fingerprint density at radius 3 is 2.77 bits per heavy atom. The summed E-state index contributed by atoms with van der Waals surface area (Å²) in [6.45, 7) is 5.49. The first kappa shape index (κ1) is 17.5. The number of rotatable bonds is 5. The summed E-state index contributed by atoms with van der Waals surface area (Å²) in [6.07, 6.45) is 4.90. The Kier molecular flexibility index (Phi) is 6.93. The Morgan fingerprint density at radius 1 is 1.41 bits per heavy atom. The molecular formula is C17H26ClN3S. The van der Waals surface area contributed by atoms with Gasteiger partial charge in [-0.05, 0) is 63.3 Å². The van der Waals surface area contributed by atoms with Gasteiger partial charge in [-0.3, -0.25) is 0 Å². The van der Waals surface area contributed by atoms with Crippen LogP contribution >= 0.6 is 23.8 Å². The van der Waals surface area contributed by atoms with Gasteiger partial charge in [0.1, 0.15) is 0 Å². The van der Waals surface area contributed by atoms with Gasteiger partial charge in [-0.15, -0.1) is 0 Å². The molecule has 0 aromatic heterocycles. The van der Waals surface area contributed by atoms with Crippen molar-refractivity contribution in [3.8, 4) is 0 Å². The van der Waals surface area contributed by atoms with Crippen molar-refractivity contribution in [2.24, 2.45) is 0 Å². The van der Waals surface area contributed by atoms with Crippen LogP contribution in [-0.2, 0) is 0 Å². The largest absolute Gasteiger partial charge is 0.349 e. The maximum absolute atomic E-state index is 6.01. The molecule has 1 aromatic carbocycles. The number of halogens is 1. The van der Waals surface area contributed by atoms with E-state index in [0.717, 1.165) is 28.9 Å². The van der Waals surface area contributed by atoms with Gasteiger partial charge < -0.3 is 15.1 Å². The lowest BCUT2D eigenvalue weighted by Gasteiger charge is -2.38. The first-order valence-corrected chi connectivity index (χ1v) is 8.90. The number of hydrogen-bond donors (Lipinski definition) is 1. The van der Waals surface area contributed by atoms with E-state index in [4.69, 9.17) is 23.8 Å². The van der Waals surface area contributed by atoms with Gasteiger partial charge in [0.25, 0.3) is 0 Å². The molecule has 0 bridgehead atoms. The summed E-state index contributed by atoms with van der Waals surface area (Å²) in [6, 6.07) is 8.38. The summed E-state index contributed by atoms with van der Waals surface area (Å²) in [5, 5.41) is 4.82. The van der Waals surface area contributed by atoms with Gasteiger partial charge in [-0.1, -0.05) is 31.0 Å². The first-order valence-electron chi connectivity index (χ1n) is 8.12. The molecule has 0 spiro atoms. The third-order valence-corrected chi connectivity index (χ3v) is 4.91. The number of likely N-dealkylation sites (tertiary alicyclic amines) is 1. The molecule has 0 aliphatic carbocycles. The van der Waals surface area contributed by atoms with E-state index >= 15 is 0 Å². The van der Waals surface area contributed by atoms with Crippen molar-refractivity contribution in [1.82, 2.24) is 9.80 Å². The summed E-state index contributed by atoms with van der Waals surface area (Å²) < 4.78 is 0. The van der Waals surface area contributed by atoms with E-state index in [2.05, 4.69) is 29.1 Å². The van der Waals surface area contributed by atoms with Crippen LogP contribution < -0.4 is 5.32 Å². The van der Waals surface area contributed by atoms with Crippen LogP contribution in [0.2, 0.25) is 5.02 Å². The molecule has 1 fully saturated rings. The zero-order chi connectivity index (χ0) is 15.9. The fourth-order valence-electron chi connectivity index (χ4n) is 2.87. The van der Waals surface area contributed by atoms with Gasteiger partial charge in [0.15, 0.2) is 5.11 Å². The van der Waals surface area contributed by atoms with Crippen LogP contribution in [0.5, 0.6) is 0 Å². The Bertz CT molecular complexity index is 487. The number of benzene rings is 1. The van der Waals surface area contributed by atoms with Crippen LogP contribution in [-0.4, -0.2) is 47.6 Å². The Hall–Kier alpha value is -0.840. The van der Waals surface area contributed by atoms with Crippen molar-refractivity contribution in [3.05, 3.63) is 29.3 Å². The average Bonchev–Trinajstić information content (AvgIpc) is 2.52. The highest BCUT2D eigenvalue weighted by atomic mass is 35.5. The van der Waals surface area contributed by atoms with E-state index in [1.807, 2.05) is 24.3 Å². The maximum Gasteiger partial charge on any atom is 0.173 e. The van der Waals surface area contributed by atoms with E-state index < -0.39 is 0 Å². The van der Waals surface area contributed by atoms with Crippen molar-refractivity contribution >= 4 is 34.6 Å². The predicted molar refractivity (Wildman–Crippen MR) is 99.8 cm³/mol. The van der Waals surface area contributed by atoms with Crippen molar-refractivity contribution in [2.75, 3.05) is 32.0 Å². The number of nitrogens with zero attached hydrogens (tertiary/aromatic N) is 2. The average molecular weight is 340 g/mol. The second-order valence-electron chi connectivity index (χ2n) is 5.99. The van der Waals surface area contributed by atoms with Gasteiger partial charge >= 0.3 is 0 Å². The standard InChI is InChI=1S/C17H26ClN3S/c1-3-4-10-20(2)16-8-11-21(12-9-16)17(22)19-15-7-5-6-14(18)13-15/h5-7,13,16H,3-4,8-12H2,1-2H3,(H,19,22). The zero-order valence-electron chi connectivity index (χ0n) is 13.5. The number of piperidine rings is 1. The summed E-state index contributed by atoms with van der Waals surface area (Å²) in [5.41, 5.74) is 0.958. The minimum Gasteiger partial charge on any atom is -0.349 e. The van der Waals surface area contributed by atoms with E-state index in [-0.39, 0.29) is 0 Å². The third kappa shape index (κ3) is 5.11. The van der Waals surface area contributed by atoms with E-state index in [1.165, 1.54) is 32.2 Å². The molecule has 0 unspecified atom stereocenters. The molecule has 5 heteroatoms. The highest BCUT2D eigenvalue weighted by Gasteiger charge is 2.23. The van der Waals surface area contributed by atoms with Crippen LogP contribution in [0, 0.1) is 0 Å². The molecule has 1 aromatic rings. The lowest BCUT2D eigenvalue weighted by molar-refractivity contribution is 0.163. The molecule has 1 saturated heterocycles. The quantitative estimate of drug-likeness (QED) is 0.809. The first-order chi connectivity index (χ1) is 10.6. The van der Waals surface area contributed by atoms with Gasteiger partial charge in [0.2, 0.25) is 0 Å². The molecule has 1 heterocycles. The predicted octanol–water partition coefficient (Wildman–Crippen LogP) is 4.23. The van der Waals surface area contributed by atoms with Crippen LogP contribution in [0.1, 0.15) is 32.6 Å². The van der Waals surface area contributed by atoms with Crippen LogP contribution in [0.15, 0.2) is 24.3 Å². The van der Waals surface area contributed by atoms with Crippen LogP contribution in [0.3, 0.4) is 0 Å². The molecule has 1 aliphatic heterocycles. The monoisotopic (exact) mass is 339 g/mol. The lowest BCUT2D eigenvalue weighted by atomic mass is 10.0. The maximum atomic E-state index is 6.01. The summed E-state index contributed by atoms with van der Waals surface area (Å²) in [5.74, 6) is 0. The highest BCUT2D eigenvalue weighted by molar-refractivity contribution is 7.80. The smallest absolute Gasteiger partial charge is 0.173 e. The minimum atomic E-state index is 0.691. The topological polar surface area (TPSA) is 18.5 Å². The van der Waals surface area contributed by atoms with Gasteiger partial charge in [0, 0.05) is 29.8 Å². The summed E-state index contributed by atoms with van der Waals surface area (Å²) >= 11 is 11.5. The number of thiocarbonyl (C=S) groups is 1. The lowest BCUT2D eigenvalue weighted by Crippen LogP contribution is -2.47. The second-order valence-corrected chi connectivity index (χ2v) is 6.82.